The molecule has 0 saturated heterocycles. The van der Waals surface area contributed by atoms with Crippen molar-refractivity contribution >= 4 is 17.6 Å². The first-order valence-corrected chi connectivity index (χ1v) is 8.28. The van der Waals surface area contributed by atoms with Crippen LogP contribution in [0.3, 0.4) is 0 Å². The lowest BCUT2D eigenvalue weighted by Crippen LogP contribution is -2.40. The smallest absolute Gasteiger partial charge is 0.242 e. The standard InChI is InChI=1S/C16H19FN6O4/c1-8(16(25)18-4-5-24)19-15-13(22-27-23-15)14(21-26)20-12-6-9-2-3-10(17)7-11(9)12/h2-3,7-8,12,24,26H,4-6H2,1H3,(H,18,25)(H,19,23)(H,20,21)/t8-,12?/m0/s1. The number of halogens is 1. The van der Waals surface area contributed by atoms with E-state index in [1.165, 1.54) is 12.1 Å². The third kappa shape index (κ3) is 3.97. The molecule has 0 fully saturated rings. The van der Waals surface area contributed by atoms with Crippen molar-refractivity contribution in [1.82, 2.24) is 20.9 Å². The zero-order chi connectivity index (χ0) is 19.4. The maximum absolute atomic E-state index is 13.4. The van der Waals surface area contributed by atoms with Crippen LogP contribution in [0.1, 0.15) is 29.8 Å². The quantitative estimate of drug-likeness (QED) is 0.198. The highest BCUT2D eigenvalue weighted by Gasteiger charge is 2.30. The predicted molar refractivity (Wildman–Crippen MR) is 91.8 cm³/mol. The highest BCUT2D eigenvalue weighted by Crippen LogP contribution is 2.33. The van der Waals surface area contributed by atoms with Gasteiger partial charge in [0.25, 0.3) is 0 Å². The normalized spacial score (nSPS) is 16.9. The Morgan fingerprint density at radius 1 is 1.48 bits per heavy atom. The summed E-state index contributed by atoms with van der Waals surface area (Å²) in [6, 6.07) is 3.55. The number of aliphatic hydroxyl groups is 1. The van der Waals surface area contributed by atoms with Crippen molar-refractivity contribution in [2.45, 2.75) is 25.4 Å². The number of anilines is 1. The summed E-state index contributed by atoms with van der Waals surface area (Å²) in [5.41, 5.74) is 1.83. The van der Waals surface area contributed by atoms with E-state index >= 15 is 0 Å². The Morgan fingerprint density at radius 3 is 3.04 bits per heavy atom. The molecule has 2 atom stereocenters. The van der Waals surface area contributed by atoms with Crippen LogP contribution in [0.4, 0.5) is 10.2 Å². The van der Waals surface area contributed by atoms with Crippen molar-refractivity contribution in [2.75, 3.05) is 18.5 Å². The van der Waals surface area contributed by atoms with Crippen LogP contribution < -0.4 is 16.0 Å². The zero-order valence-electron chi connectivity index (χ0n) is 14.4. The van der Waals surface area contributed by atoms with Crippen LogP contribution in [-0.4, -0.2) is 51.6 Å². The van der Waals surface area contributed by atoms with E-state index in [1.54, 1.807) is 13.0 Å². The number of carbonyl (C=O) groups is 1. The number of aliphatic hydroxyl groups excluding tert-OH is 1. The van der Waals surface area contributed by atoms with Gasteiger partial charge in [0.2, 0.25) is 11.7 Å². The SMILES string of the molecule is C[C@H](Nc1nonc1/C(=N/O)NC1Cc2ccc(F)cc21)C(=O)NCCO. The van der Waals surface area contributed by atoms with Crippen molar-refractivity contribution in [1.29, 1.82) is 0 Å². The Kier molecular flexibility index (Phi) is 5.50. The van der Waals surface area contributed by atoms with Gasteiger partial charge in [-0.05, 0) is 46.9 Å². The van der Waals surface area contributed by atoms with Gasteiger partial charge in [0.05, 0.1) is 12.6 Å². The Balaban J connectivity index is 1.69. The van der Waals surface area contributed by atoms with Crippen LogP contribution in [0, 0.1) is 5.82 Å². The van der Waals surface area contributed by atoms with Gasteiger partial charge in [0, 0.05) is 6.54 Å². The molecule has 1 heterocycles. The summed E-state index contributed by atoms with van der Waals surface area (Å²) in [4.78, 5) is 11.9. The molecule has 0 aliphatic heterocycles. The minimum Gasteiger partial charge on any atom is -0.409 e. The highest BCUT2D eigenvalue weighted by molar-refractivity contribution is 6.01. The molecule has 0 bridgehead atoms. The minimum absolute atomic E-state index is 0.0263. The van der Waals surface area contributed by atoms with Crippen molar-refractivity contribution in [3.05, 3.63) is 40.8 Å². The molecular weight excluding hydrogens is 359 g/mol. The zero-order valence-corrected chi connectivity index (χ0v) is 14.4. The van der Waals surface area contributed by atoms with Gasteiger partial charge >= 0.3 is 0 Å². The number of carbonyl (C=O) groups excluding carboxylic acids is 1. The number of amides is 1. The Labute approximate surface area is 153 Å². The predicted octanol–water partition coefficient (Wildman–Crippen LogP) is 0.140. The van der Waals surface area contributed by atoms with Gasteiger partial charge < -0.3 is 26.3 Å². The molecule has 2 aromatic rings. The van der Waals surface area contributed by atoms with E-state index in [9.17, 15) is 14.4 Å². The van der Waals surface area contributed by atoms with Crippen LogP contribution in [0.15, 0.2) is 28.0 Å². The molecule has 1 aromatic carbocycles. The number of benzene rings is 1. The molecule has 144 valence electrons. The number of hydrogen-bond acceptors (Lipinski definition) is 8. The fourth-order valence-electron chi connectivity index (χ4n) is 2.75. The van der Waals surface area contributed by atoms with E-state index < -0.39 is 6.04 Å². The van der Waals surface area contributed by atoms with E-state index in [-0.39, 0.29) is 48.3 Å². The Morgan fingerprint density at radius 2 is 2.30 bits per heavy atom. The van der Waals surface area contributed by atoms with E-state index in [2.05, 4.69) is 36.0 Å². The maximum atomic E-state index is 13.4. The van der Waals surface area contributed by atoms with Crippen molar-refractivity contribution < 1.29 is 24.1 Å². The lowest BCUT2D eigenvalue weighted by Gasteiger charge is -2.31. The molecule has 27 heavy (non-hydrogen) atoms. The number of aromatic nitrogens is 2. The Hall–Kier alpha value is -3.21. The average Bonchev–Trinajstić information content (AvgIpc) is 3.10. The van der Waals surface area contributed by atoms with Gasteiger partial charge in [-0.1, -0.05) is 11.2 Å². The molecule has 1 aliphatic carbocycles. The topological polar surface area (TPSA) is 145 Å². The molecule has 1 aliphatic rings. The number of fused-ring (bicyclic) bond motifs is 1. The second kappa shape index (κ2) is 7.99. The molecule has 0 saturated carbocycles. The van der Waals surface area contributed by atoms with Crippen LogP contribution in [0.2, 0.25) is 0 Å². The molecular formula is C16H19FN6O4. The van der Waals surface area contributed by atoms with Crippen molar-refractivity contribution in [3.8, 4) is 0 Å². The molecule has 1 unspecified atom stereocenters. The summed E-state index contributed by atoms with van der Waals surface area (Å²) >= 11 is 0. The van der Waals surface area contributed by atoms with E-state index in [4.69, 9.17) is 5.11 Å². The number of amidine groups is 1. The van der Waals surface area contributed by atoms with E-state index in [1.807, 2.05) is 0 Å². The number of hydrogen-bond donors (Lipinski definition) is 5. The first-order chi connectivity index (χ1) is 13.0. The summed E-state index contributed by atoms with van der Waals surface area (Å²) in [7, 11) is 0. The first kappa shape index (κ1) is 18.6. The highest BCUT2D eigenvalue weighted by atomic mass is 19.1. The van der Waals surface area contributed by atoms with Gasteiger partial charge in [-0.3, -0.25) is 4.79 Å². The van der Waals surface area contributed by atoms with Gasteiger partial charge in [-0.15, -0.1) is 0 Å². The fourth-order valence-corrected chi connectivity index (χ4v) is 2.75. The van der Waals surface area contributed by atoms with Gasteiger partial charge in [0.1, 0.15) is 11.9 Å². The second-order valence-electron chi connectivity index (χ2n) is 6.03. The molecule has 0 radical (unpaired) electrons. The average molecular weight is 378 g/mol. The summed E-state index contributed by atoms with van der Waals surface area (Å²) in [6.45, 7) is 1.53. The monoisotopic (exact) mass is 378 g/mol. The molecule has 0 spiro atoms. The number of rotatable bonds is 7. The lowest BCUT2D eigenvalue weighted by molar-refractivity contribution is -0.121. The van der Waals surface area contributed by atoms with Gasteiger partial charge in [-0.2, -0.15) is 0 Å². The van der Waals surface area contributed by atoms with Crippen LogP contribution in [-0.2, 0) is 11.2 Å². The number of oxime groups is 1. The Bertz CT molecular complexity index is 855. The fraction of sp³-hybridized carbons (Fsp3) is 0.375. The third-order valence-corrected chi connectivity index (χ3v) is 4.19. The largest absolute Gasteiger partial charge is 0.409 e. The van der Waals surface area contributed by atoms with E-state index in [0.29, 0.717) is 6.42 Å². The van der Waals surface area contributed by atoms with Crippen molar-refractivity contribution in [3.63, 3.8) is 0 Å². The summed E-state index contributed by atoms with van der Waals surface area (Å²) in [6.07, 6.45) is 0.628. The van der Waals surface area contributed by atoms with Crippen LogP contribution in [0.5, 0.6) is 0 Å². The minimum atomic E-state index is -0.708. The molecule has 1 amide bonds. The van der Waals surface area contributed by atoms with Gasteiger partial charge in [0.15, 0.2) is 11.5 Å². The first-order valence-electron chi connectivity index (χ1n) is 8.28. The molecule has 3 rings (SSSR count). The third-order valence-electron chi connectivity index (χ3n) is 4.19. The number of nitrogens with one attached hydrogen (secondary N) is 3. The molecule has 10 nitrogen and oxygen atoms in total. The second-order valence-corrected chi connectivity index (χ2v) is 6.03. The molecule has 11 heteroatoms. The molecule has 5 N–H and O–H groups in total. The van der Waals surface area contributed by atoms with Gasteiger partial charge in [-0.25, -0.2) is 9.02 Å². The summed E-state index contributed by atoms with van der Waals surface area (Å²) < 4.78 is 18.1. The number of nitrogens with zero attached hydrogens (tertiary/aromatic N) is 3. The molecule has 1 aromatic heterocycles. The van der Waals surface area contributed by atoms with E-state index in [0.717, 1.165) is 11.1 Å². The lowest BCUT2D eigenvalue weighted by atomic mass is 9.83. The van der Waals surface area contributed by atoms with Crippen LogP contribution in [0.25, 0.3) is 0 Å². The van der Waals surface area contributed by atoms with Crippen LogP contribution >= 0.6 is 0 Å². The summed E-state index contributed by atoms with van der Waals surface area (Å²) in [5, 5.41) is 37.0. The maximum Gasteiger partial charge on any atom is 0.242 e. The van der Waals surface area contributed by atoms with Crippen molar-refractivity contribution in [2.24, 2.45) is 5.16 Å². The summed E-state index contributed by atoms with van der Waals surface area (Å²) in [5.74, 6) is -0.643.